The number of hydrogen-bond donors (Lipinski definition) is 1. The first-order chi connectivity index (χ1) is 15.2. The van der Waals surface area contributed by atoms with Gasteiger partial charge in [-0.3, -0.25) is 9.10 Å². The average Bonchev–Trinajstić information content (AvgIpc) is 2.77. The van der Waals surface area contributed by atoms with Gasteiger partial charge in [0, 0.05) is 4.47 Å². The number of sulfonamides is 1. The Morgan fingerprint density at radius 2 is 1.59 bits per heavy atom. The van der Waals surface area contributed by atoms with E-state index in [1.54, 1.807) is 31.2 Å². The monoisotopic (exact) mass is 517 g/mol. The van der Waals surface area contributed by atoms with Crippen molar-refractivity contribution in [2.24, 2.45) is 5.10 Å². The Morgan fingerprint density at radius 1 is 1.00 bits per heavy atom. The third-order valence-corrected chi connectivity index (χ3v) is 6.94. The van der Waals surface area contributed by atoms with Crippen molar-refractivity contribution in [2.75, 3.05) is 10.8 Å². The first-order valence-electron chi connectivity index (χ1n) is 9.61. The summed E-state index contributed by atoms with van der Waals surface area (Å²) in [6.45, 7) is 3.10. The van der Waals surface area contributed by atoms with E-state index in [0.717, 1.165) is 32.0 Å². The molecule has 0 radical (unpaired) electrons. The minimum Gasteiger partial charge on any atom is -0.271 e. The van der Waals surface area contributed by atoms with E-state index in [4.69, 9.17) is 0 Å². The fraction of sp³-hybridized carbons (Fsp3) is 0.130. The molecule has 0 unspecified atom stereocenters. The second-order valence-corrected chi connectivity index (χ2v) is 9.82. The molecule has 0 aromatic heterocycles. The van der Waals surface area contributed by atoms with E-state index in [0.29, 0.717) is 11.4 Å². The molecule has 166 valence electrons. The minimum atomic E-state index is -4.12. The van der Waals surface area contributed by atoms with Crippen LogP contribution in [0.3, 0.4) is 0 Å². The SMILES string of the molecule is C/C(=N/NC(=O)CN(c1ccc(C)cc1)S(=O)(=O)c1ccc(F)cc1)c1ccc(Br)cc1. The number of carbonyl (C=O) groups is 1. The molecule has 0 bridgehead atoms. The van der Waals surface area contributed by atoms with Gasteiger partial charge < -0.3 is 0 Å². The third-order valence-electron chi connectivity index (χ3n) is 4.62. The van der Waals surface area contributed by atoms with Crippen LogP contribution >= 0.6 is 15.9 Å². The lowest BCUT2D eigenvalue weighted by Crippen LogP contribution is -2.39. The second-order valence-electron chi connectivity index (χ2n) is 7.04. The molecule has 0 aliphatic rings. The molecule has 6 nitrogen and oxygen atoms in total. The van der Waals surface area contributed by atoms with Crippen molar-refractivity contribution in [1.29, 1.82) is 0 Å². The number of rotatable bonds is 7. The van der Waals surface area contributed by atoms with Crippen LogP contribution in [0.15, 0.2) is 87.3 Å². The van der Waals surface area contributed by atoms with E-state index in [1.165, 1.54) is 12.1 Å². The van der Waals surface area contributed by atoms with Crippen LogP contribution in [0.1, 0.15) is 18.1 Å². The summed E-state index contributed by atoms with van der Waals surface area (Å²) in [5.74, 6) is -1.17. The molecule has 3 aromatic carbocycles. The van der Waals surface area contributed by atoms with Crippen molar-refractivity contribution in [3.63, 3.8) is 0 Å². The lowest BCUT2D eigenvalue weighted by Gasteiger charge is -2.24. The molecule has 0 saturated heterocycles. The van der Waals surface area contributed by atoms with E-state index in [2.05, 4.69) is 26.5 Å². The van der Waals surface area contributed by atoms with Crippen LogP contribution in [0.5, 0.6) is 0 Å². The zero-order valence-corrected chi connectivity index (χ0v) is 19.8. The number of benzene rings is 3. The van der Waals surface area contributed by atoms with Crippen molar-refractivity contribution < 1.29 is 17.6 Å². The van der Waals surface area contributed by atoms with Crippen LogP contribution in [0.25, 0.3) is 0 Å². The highest BCUT2D eigenvalue weighted by molar-refractivity contribution is 9.10. The molecule has 0 saturated carbocycles. The number of hydrazone groups is 1. The molecule has 0 fully saturated rings. The third kappa shape index (κ3) is 5.80. The first-order valence-corrected chi connectivity index (χ1v) is 11.8. The Labute approximate surface area is 195 Å². The number of amides is 1. The summed E-state index contributed by atoms with van der Waals surface area (Å²) in [5.41, 5.74) is 5.03. The molecule has 3 rings (SSSR count). The maximum Gasteiger partial charge on any atom is 0.264 e. The standard InChI is InChI=1S/C23H21BrFN3O3S/c1-16-3-11-21(12-4-16)28(32(30,31)22-13-9-20(25)10-14-22)15-23(29)27-26-17(2)18-5-7-19(24)8-6-18/h3-14H,15H2,1-2H3,(H,27,29)/b26-17-. The highest BCUT2D eigenvalue weighted by Gasteiger charge is 2.27. The van der Waals surface area contributed by atoms with Crippen LogP contribution in [-0.2, 0) is 14.8 Å². The predicted octanol–water partition coefficient (Wildman–Crippen LogP) is 4.63. The summed E-state index contributed by atoms with van der Waals surface area (Å²) < 4.78 is 41.7. The molecule has 32 heavy (non-hydrogen) atoms. The number of nitrogens with zero attached hydrogens (tertiary/aromatic N) is 2. The van der Waals surface area contributed by atoms with Gasteiger partial charge >= 0.3 is 0 Å². The Balaban J connectivity index is 1.86. The fourth-order valence-electron chi connectivity index (χ4n) is 2.83. The molecule has 0 atom stereocenters. The van der Waals surface area contributed by atoms with Gasteiger partial charge in [-0.05, 0) is 67.9 Å². The molecular formula is C23H21BrFN3O3S. The number of hydrogen-bond acceptors (Lipinski definition) is 4. The number of halogens is 2. The van der Waals surface area contributed by atoms with Gasteiger partial charge in [-0.1, -0.05) is 45.8 Å². The molecule has 9 heteroatoms. The quantitative estimate of drug-likeness (QED) is 0.366. The fourth-order valence-corrected chi connectivity index (χ4v) is 4.51. The summed E-state index contributed by atoms with van der Waals surface area (Å²) in [6.07, 6.45) is 0. The van der Waals surface area contributed by atoms with Crippen LogP contribution in [0, 0.1) is 12.7 Å². The normalized spacial score (nSPS) is 11.8. The lowest BCUT2D eigenvalue weighted by molar-refractivity contribution is -0.119. The maximum absolute atomic E-state index is 13.3. The second kappa shape index (κ2) is 10.1. The zero-order valence-electron chi connectivity index (χ0n) is 17.4. The smallest absolute Gasteiger partial charge is 0.264 e. The van der Waals surface area contributed by atoms with E-state index >= 15 is 0 Å². The Kier molecular flexibility index (Phi) is 7.42. The van der Waals surface area contributed by atoms with Gasteiger partial charge in [0.2, 0.25) is 0 Å². The number of aryl methyl sites for hydroxylation is 1. The van der Waals surface area contributed by atoms with Gasteiger partial charge in [0.15, 0.2) is 0 Å². The van der Waals surface area contributed by atoms with Crippen molar-refractivity contribution in [3.8, 4) is 0 Å². The van der Waals surface area contributed by atoms with Crippen molar-refractivity contribution in [1.82, 2.24) is 5.43 Å². The van der Waals surface area contributed by atoms with Gasteiger partial charge in [-0.25, -0.2) is 18.2 Å². The summed E-state index contributed by atoms with van der Waals surface area (Å²) in [5, 5.41) is 4.08. The van der Waals surface area contributed by atoms with Gasteiger partial charge in [0.1, 0.15) is 12.4 Å². The van der Waals surface area contributed by atoms with E-state index in [-0.39, 0.29) is 4.90 Å². The predicted molar refractivity (Wildman–Crippen MR) is 127 cm³/mol. The average molecular weight is 518 g/mol. The van der Waals surface area contributed by atoms with Crippen LogP contribution in [-0.4, -0.2) is 26.6 Å². The molecular weight excluding hydrogens is 497 g/mol. The van der Waals surface area contributed by atoms with Gasteiger partial charge in [-0.15, -0.1) is 0 Å². The van der Waals surface area contributed by atoms with Crippen molar-refractivity contribution in [3.05, 3.63) is 94.2 Å². The number of anilines is 1. The lowest BCUT2D eigenvalue weighted by atomic mass is 10.1. The highest BCUT2D eigenvalue weighted by atomic mass is 79.9. The van der Waals surface area contributed by atoms with Crippen LogP contribution < -0.4 is 9.73 Å². The van der Waals surface area contributed by atoms with E-state index in [1.807, 2.05) is 31.2 Å². The van der Waals surface area contributed by atoms with Gasteiger partial charge in [-0.2, -0.15) is 5.10 Å². The van der Waals surface area contributed by atoms with Gasteiger partial charge in [0.25, 0.3) is 15.9 Å². The van der Waals surface area contributed by atoms with E-state index in [9.17, 15) is 17.6 Å². The number of nitrogens with one attached hydrogen (secondary N) is 1. The molecule has 0 spiro atoms. The topological polar surface area (TPSA) is 78.8 Å². The zero-order chi connectivity index (χ0) is 23.3. The van der Waals surface area contributed by atoms with Crippen molar-refractivity contribution in [2.45, 2.75) is 18.7 Å². The summed E-state index contributed by atoms with van der Waals surface area (Å²) in [4.78, 5) is 12.5. The van der Waals surface area contributed by atoms with Gasteiger partial charge in [0.05, 0.1) is 16.3 Å². The molecule has 1 N–H and O–H groups in total. The molecule has 1 amide bonds. The molecule has 3 aromatic rings. The molecule has 0 aliphatic heterocycles. The van der Waals surface area contributed by atoms with Crippen LogP contribution in [0.4, 0.5) is 10.1 Å². The first kappa shape index (κ1) is 23.6. The maximum atomic E-state index is 13.3. The highest BCUT2D eigenvalue weighted by Crippen LogP contribution is 2.24. The Hall–Kier alpha value is -3.04. The molecule has 0 aliphatic carbocycles. The largest absolute Gasteiger partial charge is 0.271 e. The minimum absolute atomic E-state index is 0.123. The summed E-state index contributed by atoms with van der Waals surface area (Å²) in [6, 6.07) is 18.6. The van der Waals surface area contributed by atoms with Crippen LogP contribution in [0.2, 0.25) is 0 Å². The summed E-state index contributed by atoms with van der Waals surface area (Å²) >= 11 is 3.36. The van der Waals surface area contributed by atoms with Crippen molar-refractivity contribution >= 4 is 43.3 Å². The Bertz CT molecular complexity index is 1230. The number of carbonyl (C=O) groups excluding carboxylic acids is 1. The van der Waals surface area contributed by atoms with E-state index < -0.39 is 28.3 Å². The Morgan fingerprint density at radius 3 is 2.19 bits per heavy atom. The molecule has 0 heterocycles. The summed E-state index contributed by atoms with van der Waals surface area (Å²) in [7, 11) is -4.12.